The number of benzene rings is 2. The molecule has 0 bridgehead atoms. The lowest BCUT2D eigenvalue weighted by Gasteiger charge is -2.25. The lowest BCUT2D eigenvalue weighted by atomic mass is 10.3. The molecule has 13 heteroatoms. The molecule has 0 amide bonds. The first kappa shape index (κ1) is 23.2. The van der Waals surface area contributed by atoms with E-state index in [4.69, 9.17) is 0 Å². The SMILES string of the molecule is Cc1ncc(Br)cc1N(S(=O)(=O)c1ccc(F)cc1F)S(=O)(=O)c1ccc(F)cc1F. The number of hydrogen-bond donors (Lipinski definition) is 0. The van der Waals surface area contributed by atoms with E-state index in [1.807, 2.05) is 0 Å². The highest BCUT2D eigenvalue weighted by Gasteiger charge is 2.41. The van der Waals surface area contributed by atoms with Crippen molar-refractivity contribution in [3.63, 3.8) is 0 Å². The van der Waals surface area contributed by atoms with E-state index in [0.29, 0.717) is 24.3 Å². The highest BCUT2D eigenvalue weighted by Crippen LogP contribution is 2.35. The molecular weight excluding hydrogens is 528 g/mol. The van der Waals surface area contributed by atoms with Crippen LogP contribution in [0.15, 0.2) is 62.9 Å². The highest BCUT2D eigenvalue weighted by atomic mass is 79.9. The molecule has 1 heterocycles. The van der Waals surface area contributed by atoms with Crippen LogP contribution in [0.1, 0.15) is 5.69 Å². The second-order valence-electron chi connectivity index (χ2n) is 6.11. The Hall–Kier alpha value is -2.51. The Balaban J connectivity index is 2.39. The van der Waals surface area contributed by atoms with E-state index in [0.717, 1.165) is 6.07 Å². The van der Waals surface area contributed by atoms with Gasteiger partial charge in [-0.15, -0.1) is 0 Å². The Labute approximate surface area is 183 Å². The Kier molecular flexibility index (Phi) is 6.13. The minimum atomic E-state index is -5.29. The minimum absolute atomic E-state index is 0.125. The lowest BCUT2D eigenvalue weighted by Crippen LogP contribution is -2.38. The third-order valence-electron chi connectivity index (χ3n) is 4.00. The summed E-state index contributed by atoms with van der Waals surface area (Å²) >= 11 is 3.03. The molecule has 0 atom stereocenters. The standard InChI is InChI=1S/C18H11BrF4N2O4S2/c1-10-16(6-11(19)9-24-10)25(30(26,27)17-4-2-12(20)7-14(17)22)31(28,29)18-5-3-13(21)8-15(18)23/h2-9H,1H3. The molecule has 3 rings (SSSR count). The van der Waals surface area contributed by atoms with Crippen molar-refractivity contribution in [2.24, 2.45) is 0 Å². The zero-order chi connectivity index (χ0) is 23.1. The van der Waals surface area contributed by atoms with E-state index in [1.165, 1.54) is 13.1 Å². The van der Waals surface area contributed by atoms with Gasteiger partial charge in [0, 0.05) is 22.8 Å². The number of aryl methyl sites for hydroxylation is 1. The molecule has 6 nitrogen and oxygen atoms in total. The first-order chi connectivity index (χ1) is 14.4. The van der Waals surface area contributed by atoms with Gasteiger partial charge in [0.1, 0.15) is 33.1 Å². The molecule has 2 aromatic carbocycles. The highest BCUT2D eigenvalue weighted by molar-refractivity contribution is 9.10. The monoisotopic (exact) mass is 538 g/mol. The fraction of sp³-hybridized carbons (Fsp3) is 0.0556. The van der Waals surface area contributed by atoms with E-state index < -0.39 is 58.8 Å². The van der Waals surface area contributed by atoms with Crippen molar-refractivity contribution in [2.45, 2.75) is 16.7 Å². The van der Waals surface area contributed by atoms with Gasteiger partial charge in [-0.1, -0.05) is 0 Å². The van der Waals surface area contributed by atoms with Gasteiger partial charge in [-0.2, -0.15) is 20.5 Å². The summed E-state index contributed by atoms with van der Waals surface area (Å²) in [6.07, 6.45) is 1.24. The van der Waals surface area contributed by atoms with Crippen LogP contribution in [0, 0.1) is 30.2 Å². The van der Waals surface area contributed by atoms with Gasteiger partial charge in [0.25, 0.3) is 20.0 Å². The predicted octanol–water partition coefficient (Wildman–Crippen LogP) is 4.29. The van der Waals surface area contributed by atoms with Crippen molar-refractivity contribution in [3.05, 3.63) is 82.1 Å². The van der Waals surface area contributed by atoms with Gasteiger partial charge in [0.2, 0.25) is 0 Å². The number of hydrogen-bond acceptors (Lipinski definition) is 5. The second kappa shape index (κ2) is 8.20. The smallest absolute Gasteiger partial charge is 0.258 e. The van der Waals surface area contributed by atoms with Crippen LogP contribution in [0.2, 0.25) is 0 Å². The molecule has 0 radical (unpaired) electrons. The number of pyridine rings is 1. The molecule has 1 aromatic heterocycles. The Morgan fingerprint density at radius 3 is 1.68 bits per heavy atom. The maximum atomic E-state index is 14.3. The van der Waals surface area contributed by atoms with Crippen LogP contribution in [0.5, 0.6) is 0 Å². The quantitative estimate of drug-likeness (QED) is 0.452. The predicted molar refractivity (Wildman–Crippen MR) is 106 cm³/mol. The number of anilines is 1. The van der Waals surface area contributed by atoms with E-state index >= 15 is 0 Å². The van der Waals surface area contributed by atoms with Crippen molar-refractivity contribution in [2.75, 3.05) is 3.71 Å². The van der Waals surface area contributed by atoms with Crippen LogP contribution in [0.3, 0.4) is 0 Å². The molecule has 0 N–H and O–H groups in total. The summed E-state index contributed by atoms with van der Waals surface area (Å²) in [4.78, 5) is 1.50. The van der Waals surface area contributed by atoms with Crippen molar-refractivity contribution in [1.82, 2.24) is 4.98 Å². The van der Waals surface area contributed by atoms with E-state index in [1.54, 1.807) is 0 Å². The summed E-state index contributed by atoms with van der Waals surface area (Å²) in [7, 11) is -10.6. The van der Waals surface area contributed by atoms with Gasteiger partial charge in [-0.3, -0.25) is 4.98 Å². The van der Waals surface area contributed by atoms with Crippen LogP contribution in [-0.2, 0) is 20.0 Å². The maximum absolute atomic E-state index is 14.3. The van der Waals surface area contributed by atoms with Gasteiger partial charge >= 0.3 is 0 Å². The molecule has 164 valence electrons. The largest absolute Gasteiger partial charge is 0.280 e. The van der Waals surface area contributed by atoms with Crippen molar-refractivity contribution < 1.29 is 34.4 Å². The third kappa shape index (κ3) is 4.29. The lowest BCUT2D eigenvalue weighted by molar-refractivity contribution is 0.545. The molecule has 0 aliphatic carbocycles. The Morgan fingerprint density at radius 1 is 0.806 bits per heavy atom. The molecule has 31 heavy (non-hydrogen) atoms. The van der Waals surface area contributed by atoms with Crippen LogP contribution < -0.4 is 3.71 Å². The van der Waals surface area contributed by atoms with E-state index in [-0.39, 0.29) is 26.0 Å². The van der Waals surface area contributed by atoms with Gasteiger partial charge in [-0.25, -0.2) is 17.6 Å². The number of halogens is 5. The van der Waals surface area contributed by atoms with Gasteiger partial charge in [-0.05, 0) is 53.2 Å². The zero-order valence-corrected chi connectivity index (χ0v) is 18.6. The minimum Gasteiger partial charge on any atom is -0.258 e. The molecular formula is C18H11BrF4N2O4S2. The number of rotatable bonds is 5. The van der Waals surface area contributed by atoms with Gasteiger partial charge in [0.15, 0.2) is 0 Å². The van der Waals surface area contributed by atoms with Crippen LogP contribution in [0.4, 0.5) is 23.2 Å². The summed E-state index contributed by atoms with van der Waals surface area (Å²) in [6.45, 7) is 1.27. The molecule has 0 unspecified atom stereocenters. The van der Waals surface area contributed by atoms with Crippen molar-refractivity contribution >= 4 is 41.7 Å². The van der Waals surface area contributed by atoms with E-state index in [9.17, 15) is 34.4 Å². The molecule has 0 fully saturated rings. The van der Waals surface area contributed by atoms with Crippen LogP contribution in [0.25, 0.3) is 0 Å². The topological polar surface area (TPSA) is 84.4 Å². The van der Waals surface area contributed by atoms with Crippen LogP contribution >= 0.6 is 15.9 Å². The second-order valence-corrected chi connectivity index (χ2v) is 10.8. The summed E-state index contributed by atoms with van der Waals surface area (Å²) in [5.74, 6) is -5.34. The Bertz CT molecular complexity index is 1320. The molecule has 0 spiro atoms. The molecule has 0 aliphatic rings. The van der Waals surface area contributed by atoms with Gasteiger partial charge in [0.05, 0.1) is 11.4 Å². The summed E-state index contributed by atoms with van der Waals surface area (Å²) in [5, 5.41) is 0. The first-order valence-electron chi connectivity index (χ1n) is 8.18. The molecule has 0 aliphatic heterocycles. The van der Waals surface area contributed by atoms with Crippen molar-refractivity contribution in [3.8, 4) is 0 Å². The first-order valence-corrected chi connectivity index (χ1v) is 11.9. The van der Waals surface area contributed by atoms with E-state index in [2.05, 4.69) is 20.9 Å². The fourth-order valence-corrected chi connectivity index (χ4v) is 6.79. The average Bonchev–Trinajstić information content (AvgIpc) is 2.63. The molecule has 3 aromatic rings. The number of sulfonamides is 2. The number of nitrogens with zero attached hydrogens (tertiary/aromatic N) is 2. The summed E-state index contributed by atoms with van der Waals surface area (Å²) in [5.41, 5.74) is -0.679. The van der Waals surface area contributed by atoms with Crippen LogP contribution in [-0.4, -0.2) is 21.8 Å². The maximum Gasteiger partial charge on any atom is 0.280 e. The molecule has 0 saturated heterocycles. The summed E-state index contributed by atoms with van der Waals surface area (Å²) < 4.78 is 108. The van der Waals surface area contributed by atoms with Gasteiger partial charge < -0.3 is 0 Å². The average molecular weight is 539 g/mol. The normalized spacial score (nSPS) is 12.1. The Morgan fingerprint density at radius 2 is 1.26 bits per heavy atom. The van der Waals surface area contributed by atoms with Crippen molar-refractivity contribution in [1.29, 1.82) is 0 Å². The summed E-state index contributed by atoms with van der Waals surface area (Å²) in [6, 6.07) is 3.86. The zero-order valence-electron chi connectivity index (χ0n) is 15.4. The number of aromatic nitrogens is 1. The molecule has 0 saturated carbocycles. The third-order valence-corrected chi connectivity index (χ3v) is 8.66. The fourth-order valence-electron chi connectivity index (χ4n) is 2.62.